The maximum atomic E-state index is 13.5. The van der Waals surface area contributed by atoms with Crippen LogP contribution < -0.4 is 15.5 Å². The smallest absolute Gasteiger partial charge is 0.186 e. The number of hydrogen-bond donors (Lipinski definition) is 2. The van der Waals surface area contributed by atoms with Gasteiger partial charge >= 0.3 is 0 Å². The molecule has 0 atom stereocenters. The number of halogens is 1. The first-order chi connectivity index (χ1) is 11.2. The lowest BCUT2D eigenvalue weighted by molar-refractivity contribution is 0.300. The predicted molar refractivity (Wildman–Crippen MR) is 94.2 cm³/mol. The van der Waals surface area contributed by atoms with Gasteiger partial charge in [-0.15, -0.1) is 0 Å². The van der Waals surface area contributed by atoms with Crippen molar-refractivity contribution in [3.63, 3.8) is 0 Å². The number of rotatable bonds is 6. The third-order valence-corrected chi connectivity index (χ3v) is 3.16. The van der Waals surface area contributed by atoms with Crippen LogP contribution in [0.1, 0.15) is 18.1 Å². The van der Waals surface area contributed by atoms with Crippen molar-refractivity contribution < 1.29 is 9.13 Å². The Morgan fingerprint density at radius 2 is 2.09 bits per heavy atom. The molecule has 6 heteroatoms. The van der Waals surface area contributed by atoms with Crippen LogP contribution in [-0.2, 0) is 6.61 Å². The zero-order chi connectivity index (χ0) is 16.5. The van der Waals surface area contributed by atoms with Gasteiger partial charge in [0.15, 0.2) is 5.11 Å². The second kappa shape index (κ2) is 8.85. The molecule has 0 saturated heterocycles. The molecule has 0 bridgehead atoms. The summed E-state index contributed by atoms with van der Waals surface area (Å²) in [6.07, 6.45) is 1.64. The summed E-state index contributed by atoms with van der Waals surface area (Å²) in [5, 5.41) is 7.44. The van der Waals surface area contributed by atoms with Gasteiger partial charge < -0.3 is 10.1 Å². The first-order valence-corrected chi connectivity index (χ1v) is 7.63. The van der Waals surface area contributed by atoms with Crippen LogP contribution >= 0.6 is 12.2 Å². The molecule has 0 aliphatic rings. The predicted octanol–water partition coefficient (Wildman–Crippen LogP) is 3.22. The van der Waals surface area contributed by atoms with Crippen molar-refractivity contribution in [2.45, 2.75) is 13.5 Å². The Balaban J connectivity index is 1.93. The molecular weight excluding hydrogens is 313 g/mol. The molecule has 0 unspecified atom stereocenters. The largest absolute Gasteiger partial charge is 0.489 e. The highest BCUT2D eigenvalue weighted by Gasteiger charge is 2.02. The number of thiocarbonyl (C=S) groups is 1. The third-order valence-electron chi connectivity index (χ3n) is 2.93. The monoisotopic (exact) mass is 331 g/mol. The van der Waals surface area contributed by atoms with Crippen LogP contribution in [0, 0.1) is 5.82 Å². The van der Waals surface area contributed by atoms with E-state index in [-0.39, 0.29) is 12.4 Å². The SMILES string of the molecule is CCNC(=S)NN=Cc1cccc(OCc2ccccc2F)c1. The molecule has 0 amide bonds. The summed E-state index contributed by atoms with van der Waals surface area (Å²) in [4.78, 5) is 0. The van der Waals surface area contributed by atoms with Crippen molar-refractivity contribution in [2.75, 3.05) is 6.54 Å². The first kappa shape index (κ1) is 16.9. The molecule has 0 aliphatic carbocycles. The van der Waals surface area contributed by atoms with E-state index in [2.05, 4.69) is 15.8 Å². The normalized spacial score (nSPS) is 10.5. The molecule has 2 N–H and O–H groups in total. The highest BCUT2D eigenvalue weighted by molar-refractivity contribution is 7.80. The van der Waals surface area contributed by atoms with Crippen molar-refractivity contribution >= 4 is 23.5 Å². The molecule has 0 heterocycles. The van der Waals surface area contributed by atoms with E-state index in [1.807, 2.05) is 31.2 Å². The van der Waals surface area contributed by atoms with Gasteiger partial charge in [0.2, 0.25) is 0 Å². The Labute approximate surface area is 140 Å². The molecule has 23 heavy (non-hydrogen) atoms. The maximum absolute atomic E-state index is 13.5. The topological polar surface area (TPSA) is 45.7 Å². The molecule has 4 nitrogen and oxygen atoms in total. The summed E-state index contributed by atoms with van der Waals surface area (Å²) in [6, 6.07) is 13.9. The van der Waals surface area contributed by atoms with E-state index in [0.717, 1.165) is 12.1 Å². The Morgan fingerprint density at radius 1 is 1.26 bits per heavy atom. The number of ether oxygens (including phenoxy) is 1. The third kappa shape index (κ3) is 5.67. The molecule has 0 aromatic heterocycles. The highest BCUT2D eigenvalue weighted by Crippen LogP contribution is 2.15. The molecule has 0 aliphatic heterocycles. The van der Waals surface area contributed by atoms with Gasteiger partial charge in [0.25, 0.3) is 0 Å². The average molecular weight is 331 g/mol. The van der Waals surface area contributed by atoms with E-state index >= 15 is 0 Å². The van der Waals surface area contributed by atoms with Gasteiger partial charge in [-0.1, -0.05) is 30.3 Å². The van der Waals surface area contributed by atoms with Gasteiger partial charge in [-0.25, -0.2) is 4.39 Å². The van der Waals surface area contributed by atoms with E-state index in [1.165, 1.54) is 6.07 Å². The summed E-state index contributed by atoms with van der Waals surface area (Å²) in [7, 11) is 0. The first-order valence-electron chi connectivity index (χ1n) is 7.22. The van der Waals surface area contributed by atoms with Gasteiger partial charge in [0.1, 0.15) is 18.2 Å². The van der Waals surface area contributed by atoms with Gasteiger partial charge in [-0.3, -0.25) is 5.43 Å². The zero-order valence-electron chi connectivity index (χ0n) is 12.8. The van der Waals surface area contributed by atoms with Crippen LogP contribution in [0.5, 0.6) is 5.75 Å². The fourth-order valence-electron chi connectivity index (χ4n) is 1.83. The van der Waals surface area contributed by atoms with Crippen molar-refractivity contribution in [3.05, 3.63) is 65.5 Å². The quantitative estimate of drug-likeness (QED) is 0.485. The number of hydrogen-bond acceptors (Lipinski definition) is 3. The Morgan fingerprint density at radius 3 is 2.87 bits per heavy atom. The fraction of sp³-hybridized carbons (Fsp3) is 0.176. The number of hydrazone groups is 1. The molecule has 0 radical (unpaired) electrons. The molecule has 2 rings (SSSR count). The Hall–Kier alpha value is -2.47. The lowest BCUT2D eigenvalue weighted by Gasteiger charge is -2.07. The van der Waals surface area contributed by atoms with Crippen molar-refractivity contribution in [2.24, 2.45) is 5.10 Å². The molecule has 0 spiro atoms. The van der Waals surface area contributed by atoms with Crippen LogP contribution in [0.2, 0.25) is 0 Å². The second-order valence-electron chi connectivity index (χ2n) is 4.68. The maximum Gasteiger partial charge on any atom is 0.186 e. The Bertz CT molecular complexity index is 691. The molecule has 0 saturated carbocycles. The molecule has 120 valence electrons. The summed E-state index contributed by atoms with van der Waals surface area (Å²) in [5.74, 6) is 0.373. The van der Waals surface area contributed by atoms with Crippen LogP contribution in [0.4, 0.5) is 4.39 Å². The number of nitrogens with zero attached hydrogens (tertiary/aromatic N) is 1. The average Bonchev–Trinajstić information content (AvgIpc) is 2.55. The minimum absolute atomic E-state index is 0.177. The minimum atomic E-state index is -0.272. The highest BCUT2D eigenvalue weighted by atomic mass is 32.1. The van der Waals surface area contributed by atoms with E-state index in [9.17, 15) is 4.39 Å². The van der Waals surface area contributed by atoms with E-state index < -0.39 is 0 Å². The van der Waals surface area contributed by atoms with Gasteiger partial charge in [-0.05, 0) is 42.9 Å². The minimum Gasteiger partial charge on any atom is -0.489 e. The fourth-order valence-corrected chi connectivity index (χ4v) is 2.02. The van der Waals surface area contributed by atoms with Crippen LogP contribution in [0.15, 0.2) is 53.6 Å². The summed E-state index contributed by atoms with van der Waals surface area (Å²) in [6.45, 7) is 2.87. The van der Waals surface area contributed by atoms with Crippen LogP contribution in [0.25, 0.3) is 0 Å². The molecule has 0 fully saturated rings. The van der Waals surface area contributed by atoms with Gasteiger partial charge in [0.05, 0.1) is 6.21 Å². The van der Waals surface area contributed by atoms with Gasteiger partial charge in [0, 0.05) is 12.1 Å². The van der Waals surface area contributed by atoms with Crippen LogP contribution in [-0.4, -0.2) is 17.9 Å². The summed E-state index contributed by atoms with van der Waals surface area (Å²) in [5.41, 5.74) is 4.08. The number of nitrogens with one attached hydrogen (secondary N) is 2. The van der Waals surface area contributed by atoms with Gasteiger partial charge in [-0.2, -0.15) is 5.10 Å². The van der Waals surface area contributed by atoms with Crippen molar-refractivity contribution in [1.29, 1.82) is 0 Å². The van der Waals surface area contributed by atoms with E-state index in [0.29, 0.717) is 16.4 Å². The number of benzene rings is 2. The molecule has 2 aromatic carbocycles. The molecular formula is C17H18FN3OS. The van der Waals surface area contributed by atoms with E-state index in [1.54, 1.807) is 24.4 Å². The summed E-state index contributed by atoms with van der Waals surface area (Å²) >= 11 is 5.01. The second-order valence-corrected chi connectivity index (χ2v) is 5.09. The van der Waals surface area contributed by atoms with E-state index in [4.69, 9.17) is 17.0 Å². The standard InChI is InChI=1S/C17H18FN3OS/c1-2-19-17(23)21-20-11-13-6-5-8-15(10-13)22-12-14-7-3-4-9-16(14)18/h3-11H,2,12H2,1H3,(H2,19,21,23). The molecule has 2 aromatic rings. The summed E-state index contributed by atoms with van der Waals surface area (Å²) < 4.78 is 19.2. The van der Waals surface area contributed by atoms with Crippen LogP contribution in [0.3, 0.4) is 0 Å². The van der Waals surface area contributed by atoms with Crippen molar-refractivity contribution in [1.82, 2.24) is 10.7 Å². The lowest BCUT2D eigenvalue weighted by Crippen LogP contribution is -2.31. The van der Waals surface area contributed by atoms with Crippen molar-refractivity contribution in [3.8, 4) is 5.75 Å². The lowest BCUT2D eigenvalue weighted by atomic mass is 10.2. The zero-order valence-corrected chi connectivity index (χ0v) is 13.6. The Kier molecular flexibility index (Phi) is 6.50.